The molecule has 38 heavy (non-hydrogen) atoms. The summed E-state index contributed by atoms with van der Waals surface area (Å²) in [7, 11) is 4.57. The van der Waals surface area contributed by atoms with E-state index in [9.17, 15) is 14.3 Å². The van der Waals surface area contributed by atoms with Crippen LogP contribution in [0, 0.1) is 5.82 Å². The molecule has 0 spiro atoms. The monoisotopic (exact) mass is 524 g/mol. The van der Waals surface area contributed by atoms with Crippen molar-refractivity contribution >= 4 is 28.6 Å². The van der Waals surface area contributed by atoms with Gasteiger partial charge in [-0.3, -0.25) is 0 Å². The average Bonchev–Trinajstić information content (AvgIpc) is 3.37. The number of nitrogens with zero attached hydrogens (tertiary/aromatic N) is 5. The zero-order chi connectivity index (χ0) is 27.0. The maximum absolute atomic E-state index is 14.7. The van der Waals surface area contributed by atoms with Crippen molar-refractivity contribution in [2.75, 3.05) is 33.2 Å². The highest BCUT2D eigenvalue weighted by Gasteiger charge is 2.32. The highest BCUT2D eigenvalue weighted by molar-refractivity contribution is 5.93. The van der Waals surface area contributed by atoms with Crippen LogP contribution in [-0.4, -0.2) is 69.6 Å². The molecule has 2 aromatic heterocycles. The molecule has 3 heterocycles. The van der Waals surface area contributed by atoms with Crippen molar-refractivity contribution in [3.05, 3.63) is 47.5 Å². The van der Waals surface area contributed by atoms with Gasteiger partial charge >= 0.3 is 6.09 Å². The Balaban J connectivity index is 1.58. The highest BCUT2D eigenvalue weighted by Crippen LogP contribution is 2.32. The molecular weight excluding hydrogens is 495 g/mol. The van der Waals surface area contributed by atoms with Gasteiger partial charge in [0.05, 0.1) is 26.8 Å². The molecule has 2 N–H and O–H groups in total. The summed E-state index contributed by atoms with van der Waals surface area (Å²) in [6.45, 7) is 2.53. The van der Waals surface area contributed by atoms with Gasteiger partial charge in [0.1, 0.15) is 11.5 Å². The Morgan fingerprint density at radius 3 is 2.61 bits per heavy atom. The number of carbonyl (C=O) groups is 1. The summed E-state index contributed by atoms with van der Waals surface area (Å²) in [6.07, 6.45) is 0.462. The van der Waals surface area contributed by atoms with E-state index < -0.39 is 11.9 Å². The van der Waals surface area contributed by atoms with Crippen LogP contribution in [-0.2, 0) is 6.54 Å². The fraction of sp³-hybridized carbons (Fsp3) is 0.385. The van der Waals surface area contributed by atoms with Gasteiger partial charge < -0.3 is 29.5 Å². The van der Waals surface area contributed by atoms with Crippen molar-refractivity contribution in [3.8, 4) is 17.2 Å². The maximum Gasteiger partial charge on any atom is 0.407 e. The largest absolute Gasteiger partial charge is 0.497 e. The number of hydrogen-bond donors (Lipinski definition) is 2. The number of amides is 1. The summed E-state index contributed by atoms with van der Waals surface area (Å²) in [5.41, 5.74) is 1.75. The van der Waals surface area contributed by atoms with Gasteiger partial charge in [-0.05, 0) is 38.0 Å². The molecule has 1 saturated heterocycles. The van der Waals surface area contributed by atoms with E-state index >= 15 is 0 Å². The molecule has 0 saturated carbocycles. The summed E-state index contributed by atoms with van der Waals surface area (Å²) in [5, 5.41) is 18.1. The zero-order valence-electron chi connectivity index (χ0n) is 21.6. The van der Waals surface area contributed by atoms with Crippen LogP contribution in [0.25, 0.3) is 16.6 Å². The quantitative estimate of drug-likeness (QED) is 0.364. The summed E-state index contributed by atoms with van der Waals surface area (Å²) in [5.74, 6) is 1.51. The predicted octanol–water partition coefficient (Wildman–Crippen LogP) is 4.30. The van der Waals surface area contributed by atoms with Gasteiger partial charge in [-0.25, -0.2) is 19.2 Å². The Morgan fingerprint density at radius 2 is 1.89 bits per heavy atom. The van der Waals surface area contributed by atoms with E-state index in [1.165, 1.54) is 24.1 Å². The fourth-order valence-corrected chi connectivity index (χ4v) is 4.83. The Morgan fingerprint density at radius 1 is 1.11 bits per heavy atom. The third-order valence-corrected chi connectivity index (χ3v) is 6.99. The Bertz CT molecular complexity index is 1510. The first-order valence-electron chi connectivity index (χ1n) is 12.2. The lowest BCUT2D eigenvalue weighted by molar-refractivity contribution is 0.104. The number of piperidine rings is 1. The van der Waals surface area contributed by atoms with Gasteiger partial charge in [-0.15, -0.1) is 5.10 Å². The normalized spacial score (nSPS) is 17.6. The second kappa shape index (κ2) is 10.2. The van der Waals surface area contributed by atoms with Crippen LogP contribution in [0.1, 0.15) is 37.1 Å². The Kier molecular flexibility index (Phi) is 6.79. The minimum absolute atomic E-state index is 0.0650. The summed E-state index contributed by atoms with van der Waals surface area (Å²) in [4.78, 5) is 22.6. The van der Waals surface area contributed by atoms with Crippen LogP contribution in [0.3, 0.4) is 0 Å². The number of anilines is 1. The van der Waals surface area contributed by atoms with Gasteiger partial charge in [0, 0.05) is 48.1 Å². The van der Waals surface area contributed by atoms with E-state index in [1.54, 1.807) is 24.8 Å². The van der Waals surface area contributed by atoms with E-state index in [0.29, 0.717) is 52.8 Å². The van der Waals surface area contributed by atoms with Crippen molar-refractivity contribution in [2.45, 2.75) is 38.3 Å². The highest BCUT2D eigenvalue weighted by atomic mass is 19.1. The molecule has 200 valence electrons. The standard InChI is InChI=1S/C26H29FN6O5/c1-14-5-6-16(13-32(14)26(34)35)23-30-24-18-10-19(27)22(38-4)11-20(18)29-25(33(24)31-23)28-12-15-7-8-17(36-2)9-21(15)37-3/h7-11,14,16H,5-6,12-13H2,1-4H3,(H,28,29)(H,34,35)/t14-,16+/m0/s1. The zero-order valence-corrected chi connectivity index (χ0v) is 21.6. The maximum atomic E-state index is 14.7. The van der Waals surface area contributed by atoms with Crippen molar-refractivity contribution in [3.63, 3.8) is 0 Å². The third-order valence-electron chi connectivity index (χ3n) is 6.99. The van der Waals surface area contributed by atoms with Gasteiger partial charge in [0.15, 0.2) is 23.0 Å². The molecule has 1 aliphatic rings. The molecule has 0 unspecified atom stereocenters. The lowest BCUT2D eigenvalue weighted by atomic mass is 9.93. The van der Waals surface area contributed by atoms with Crippen molar-refractivity contribution < 1.29 is 28.5 Å². The first kappa shape index (κ1) is 25.3. The number of fused-ring (bicyclic) bond motifs is 3. The van der Waals surface area contributed by atoms with Crippen molar-refractivity contribution in [1.82, 2.24) is 24.5 Å². The van der Waals surface area contributed by atoms with Crippen LogP contribution in [0.2, 0.25) is 0 Å². The molecule has 12 heteroatoms. The van der Waals surface area contributed by atoms with Crippen LogP contribution >= 0.6 is 0 Å². The third kappa shape index (κ3) is 4.57. The smallest absolute Gasteiger partial charge is 0.407 e. The second-order valence-corrected chi connectivity index (χ2v) is 9.23. The van der Waals surface area contributed by atoms with E-state index in [1.807, 2.05) is 19.1 Å². The predicted molar refractivity (Wildman–Crippen MR) is 138 cm³/mol. The first-order valence-corrected chi connectivity index (χ1v) is 12.2. The molecule has 1 aliphatic heterocycles. The molecule has 4 aromatic rings. The molecule has 1 amide bonds. The average molecular weight is 525 g/mol. The van der Waals surface area contributed by atoms with Crippen LogP contribution in [0.4, 0.5) is 15.1 Å². The Labute approximate surface area is 218 Å². The number of hydrogen-bond acceptors (Lipinski definition) is 8. The Hall–Kier alpha value is -4.35. The summed E-state index contributed by atoms with van der Waals surface area (Å²) >= 11 is 0. The summed E-state index contributed by atoms with van der Waals surface area (Å²) in [6, 6.07) is 8.28. The van der Waals surface area contributed by atoms with Crippen LogP contribution < -0.4 is 19.5 Å². The first-order chi connectivity index (χ1) is 18.3. The number of aromatic nitrogens is 4. The summed E-state index contributed by atoms with van der Waals surface area (Å²) < 4.78 is 32.2. The SMILES string of the molecule is COc1ccc(CNc2nc3cc(OC)c(F)cc3c3nc([C@@H]4CC[C@H](C)N(C(=O)O)C4)nn23)c(OC)c1. The molecule has 2 aromatic carbocycles. The number of carboxylic acid groups (broad SMARTS) is 1. The van der Waals surface area contributed by atoms with E-state index in [0.717, 1.165) is 12.0 Å². The number of halogens is 1. The van der Waals surface area contributed by atoms with Crippen LogP contribution in [0.15, 0.2) is 30.3 Å². The molecule has 5 rings (SSSR count). The lowest BCUT2D eigenvalue weighted by Crippen LogP contribution is -2.44. The van der Waals surface area contributed by atoms with E-state index in [2.05, 4.69) is 5.32 Å². The molecule has 2 atom stereocenters. The van der Waals surface area contributed by atoms with E-state index in [-0.39, 0.29) is 24.3 Å². The second-order valence-electron chi connectivity index (χ2n) is 9.23. The minimum atomic E-state index is -0.969. The molecule has 1 fully saturated rings. The molecule has 0 aliphatic carbocycles. The number of likely N-dealkylation sites (tertiary alicyclic amines) is 1. The number of methoxy groups -OCH3 is 3. The fourth-order valence-electron chi connectivity index (χ4n) is 4.83. The van der Waals surface area contributed by atoms with Crippen molar-refractivity contribution in [2.24, 2.45) is 0 Å². The molecule has 0 bridgehead atoms. The van der Waals surface area contributed by atoms with E-state index in [4.69, 9.17) is 29.3 Å². The van der Waals surface area contributed by atoms with Crippen molar-refractivity contribution in [1.29, 1.82) is 0 Å². The topological polar surface area (TPSA) is 123 Å². The van der Waals surface area contributed by atoms with Gasteiger partial charge in [-0.1, -0.05) is 0 Å². The minimum Gasteiger partial charge on any atom is -0.497 e. The number of ether oxygens (including phenoxy) is 3. The molecule has 11 nitrogen and oxygen atoms in total. The van der Waals surface area contributed by atoms with Gasteiger partial charge in [0.25, 0.3) is 0 Å². The number of benzene rings is 2. The lowest BCUT2D eigenvalue weighted by Gasteiger charge is -2.34. The number of nitrogens with one attached hydrogen (secondary N) is 1. The van der Waals surface area contributed by atoms with Crippen LogP contribution in [0.5, 0.6) is 17.2 Å². The van der Waals surface area contributed by atoms with Gasteiger partial charge in [0.2, 0.25) is 5.95 Å². The molecule has 0 radical (unpaired) electrons. The molecular formula is C26H29FN6O5. The number of rotatable bonds is 7. The van der Waals surface area contributed by atoms with Gasteiger partial charge in [-0.2, -0.15) is 4.52 Å².